The maximum atomic E-state index is 11.1. The van der Waals surface area contributed by atoms with Crippen LogP contribution in [0.3, 0.4) is 0 Å². The highest BCUT2D eigenvalue weighted by Crippen LogP contribution is 2.19. The highest BCUT2D eigenvalue weighted by Gasteiger charge is 2.06. The van der Waals surface area contributed by atoms with E-state index in [9.17, 15) is 8.42 Å². The first-order valence-electron chi connectivity index (χ1n) is 5.42. The summed E-state index contributed by atoms with van der Waals surface area (Å²) in [5.74, 6) is 0. The Balaban J connectivity index is 2.21. The van der Waals surface area contributed by atoms with Gasteiger partial charge in [-0.1, -0.05) is 12.1 Å². The highest BCUT2D eigenvalue weighted by atomic mass is 32.2. The van der Waals surface area contributed by atoms with Crippen LogP contribution in [0.1, 0.15) is 5.56 Å². The van der Waals surface area contributed by atoms with Crippen LogP contribution < -0.4 is 10.5 Å². The monoisotopic (exact) mass is 262 g/mol. The van der Waals surface area contributed by atoms with E-state index in [1.807, 2.05) is 31.2 Å². The first-order chi connectivity index (χ1) is 8.45. The van der Waals surface area contributed by atoms with Crippen LogP contribution in [0.2, 0.25) is 0 Å². The second-order valence-electron chi connectivity index (χ2n) is 4.06. The van der Waals surface area contributed by atoms with E-state index >= 15 is 0 Å². The van der Waals surface area contributed by atoms with Crippen LogP contribution in [0, 0.1) is 6.92 Å². The Morgan fingerprint density at radius 3 is 2.22 bits per heavy atom. The molecule has 0 spiro atoms. The molecule has 18 heavy (non-hydrogen) atoms. The fourth-order valence-electron chi connectivity index (χ4n) is 1.62. The molecule has 0 amide bonds. The Labute approximate surface area is 107 Å². The molecule has 0 radical (unpaired) electrons. The molecule has 0 heterocycles. The van der Waals surface area contributed by atoms with Gasteiger partial charge in [-0.15, -0.1) is 0 Å². The zero-order valence-corrected chi connectivity index (χ0v) is 10.7. The number of nitrogens with two attached hydrogens (primary N) is 1. The SMILES string of the molecule is Cc1cccc(Nc2ccc(S(N)(=O)=O)cc2)c1. The Kier molecular flexibility index (Phi) is 3.36. The summed E-state index contributed by atoms with van der Waals surface area (Å²) in [5.41, 5.74) is 2.92. The molecule has 0 atom stereocenters. The van der Waals surface area contributed by atoms with E-state index in [0.29, 0.717) is 0 Å². The average molecular weight is 262 g/mol. The van der Waals surface area contributed by atoms with Crippen molar-refractivity contribution in [3.63, 3.8) is 0 Å². The lowest BCUT2D eigenvalue weighted by Crippen LogP contribution is -2.11. The fraction of sp³-hybridized carbons (Fsp3) is 0.0769. The number of primary sulfonamides is 1. The summed E-state index contributed by atoms with van der Waals surface area (Å²) in [7, 11) is -3.63. The van der Waals surface area contributed by atoms with Crippen molar-refractivity contribution in [2.45, 2.75) is 11.8 Å². The molecule has 94 valence electrons. The number of anilines is 2. The molecule has 0 saturated heterocycles. The summed E-state index contributed by atoms with van der Waals surface area (Å²) < 4.78 is 22.2. The van der Waals surface area contributed by atoms with Crippen LogP contribution in [0.5, 0.6) is 0 Å². The molecule has 4 nitrogen and oxygen atoms in total. The van der Waals surface area contributed by atoms with Crippen molar-refractivity contribution in [1.29, 1.82) is 0 Å². The summed E-state index contributed by atoms with van der Waals surface area (Å²) in [5, 5.41) is 8.22. The highest BCUT2D eigenvalue weighted by molar-refractivity contribution is 7.89. The van der Waals surface area contributed by atoms with E-state index in [2.05, 4.69) is 5.32 Å². The molecule has 5 heteroatoms. The van der Waals surface area contributed by atoms with Gasteiger partial charge in [0, 0.05) is 11.4 Å². The van der Waals surface area contributed by atoms with Gasteiger partial charge >= 0.3 is 0 Å². The molecule has 0 aromatic heterocycles. The standard InChI is InChI=1S/C13H14N2O2S/c1-10-3-2-4-12(9-10)15-11-5-7-13(8-6-11)18(14,16)17/h2-9,15H,1H3,(H2,14,16,17). The molecule has 0 unspecified atom stereocenters. The lowest BCUT2D eigenvalue weighted by Gasteiger charge is -2.07. The van der Waals surface area contributed by atoms with E-state index in [0.717, 1.165) is 16.9 Å². The van der Waals surface area contributed by atoms with Gasteiger partial charge in [0.2, 0.25) is 10.0 Å². The third-order valence-electron chi connectivity index (χ3n) is 2.49. The van der Waals surface area contributed by atoms with Crippen LogP contribution in [-0.2, 0) is 10.0 Å². The van der Waals surface area contributed by atoms with Crippen LogP contribution in [0.25, 0.3) is 0 Å². The predicted octanol–water partition coefficient (Wildman–Crippen LogP) is 2.39. The lowest BCUT2D eigenvalue weighted by atomic mass is 10.2. The average Bonchev–Trinajstić information content (AvgIpc) is 2.28. The predicted molar refractivity (Wildman–Crippen MR) is 72.3 cm³/mol. The van der Waals surface area contributed by atoms with Crippen LogP contribution in [0.4, 0.5) is 11.4 Å². The van der Waals surface area contributed by atoms with E-state index in [-0.39, 0.29) is 4.90 Å². The molecule has 2 rings (SSSR count). The first kappa shape index (κ1) is 12.6. The zero-order chi connectivity index (χ0) is 13.2. The molecule has 0 aliphatic heterocycles. The summed E-state index contributed by atoms with van der Waals surface area (Å²) in [6, 6.07) is 14.2. The molecule has 0 aliphatic rings. The van der Waals surface area contributed by atoms with E-state index in [1.54, 1.807) is 12.1 Å². The maximum Gasteiger partial charge on any atom is 0.238 e. The van der Waals surface area contributed by atoms with Crippen molar-refractivity contribution in [3.8, 4) is 0 Å². The van der Waals surface area contributed by atoms with Crippen molar-refractivity contribution in [2.24, 2.45) is 5.14 Å². The normalized spacial score (nSPS) is 11.2. The second kappa shape index (κ2) is 4.80. The van der Waals surface area contributed by atoms with Gasteiger partial charge in [-0.05, 0) is 48.9 Å². The summed E-state index contributed by atoms with van der Waals surface area (Å²) in [6.45, 7) is 2.01. The molecule has 3 N–H and O–H groups in total. The molecular weight excluding hydrogens is 248 g/mol. The van der Waals surface area contributed by atoms with Crippen LogP contribution in [-0.4, -0.2) is 8.42 Å². The Morgan fingerprint density at radius 2 is 1.67 bits per heavy atom. The lowest BCUT2D eigenvalue weighted by molar-refractivity contribution is 0.598. The van der Waals surface area contributed by atoms with Crippen molar-refractivity contribution in [3.05, 3.63) is 54.1 Å². The molecule has 2 aromatic rings. The number of sulfonamides is 1. The number of aryl methyl sites for hydroxylation is 1. The summed E-state index contributed by atoms with van der Waals surface area (Å²) >= 11 is 0. The molecular formula is C13H14N2O2S. The van der Waals surface area contributed by atoms with Gasteiger partial charge in [0.25, 0.3) is 0 Å². The minimum Gasteiger partial charge on any atom is -0.356 e. The van der Waals surface area contributed by atoms with Crippen molar-refractivity contribution in [1.82, 2.24) is 0 Å². The maximum absolute atomic E-state index is 11.1. The largest absolute Gasteiger partial charge is 0.356 e. The topological polar surface area (TPSA) is 72.2 Å². The second-order valence-corrected chi connectivity index (χ2v) is 5.63. The summed E-state index contributed by atoms with van der Waals surface area (Å²) in [6.07, 6.45) is 0. The number of rotatable bonds is 3. The number of benzene rings is 2. The van der Waals surface area contributed by atoms with E-state index in [1.165, 1.54) is 12.1 Å². The third kappa shape index (κ3) is 3.09. The minimum atomic E-state index is -3.63. The van der Waals surface area contributed by atoms with E-state index < -0.39 is 10.0 Å². The van der Waals surface area contributed by atoms with Gasteiger partial charge in [-0.25, -0.2) is 13.6 Å². The Bertz CT molecular complexity index is 649. The first-order valence-corrected chi connectivity index (χ1v) is 6.96. The van der Waals surface area contributed by atoms with Gasteiger partial charge in [-0.2, -0.15) is 0 Å². The molecule has 2 aromatic carbocycles. The summed E-state index contributed by atoms with van der Waals surface area (Å²) in [4.78, 5) is 0.109. The molecule has 0 aliphatic carbocycles. The van der Waals surface area contributed by atoms with Gasteiger partial charge in [0.15, 0.2) is 0 Å². The van der Waals surface area contributed by atoms with Gasteiger partial charge in [0.05, 0.1) is 4.90 Å². The fourth-order valence-corrected chi connectivity index (χ4v) is 2.13. The zero-order valence-electron chi connectivity index (χ0n) is 9.92. The minimum absolute atomic E-state index is 0.109. The molecule has 0 fully saturated rings. The molecule has 0 bridgehead atoms. The Hall–Kier alpha value is -1.85. The number of hydrogen-bond donors (Lipinski definition) is 2. The van der Waals surface area contributed by atoms with Gasteiger partial charge in [0.1, 0.15) is 0 Å². The van der Waals surface area contributed by atoms with Crippen molar-refractivity contribution < 1.29 is 8.42 Å². The van der Waals surface area contributed by atoms with Crippen molar-refractivity contribution in [2.75, 3.05) is 5.32 Å². The van der Waals surface area contributed by atoms with Crippen LogP contribution >= 0.6 is 0 Å². The third-order valence-corrected chi connectivity index (χ3v) is 3.42. The smallest absolute Gasteiger partial charge is 0.238 e. The van der Waals surface area contributed by atoms with Crippen molar-refractivity contribution >= 4 is 21.4 Å². The van der Waals surface area contributed by atoms with E-state index in [4.69, 9.17) is 5.14 Å². The number of hydrogen-bond acceptors (Lipinski definition) is 3. The van der Waals surface area contributed by atoms with Gasteiger partial charge < -0.3 is 5.32 Å². The Morgan fingerprint density at radius 1 is 1.00 bits per heavy atom. The van der Waals surface area contributed by atoms with Crippen LogP contribution in [0.15, 0.2) is 53.4 Å². The molecule has 0 saturated carbocycles. The quantitative estimate of drug-likeness (QED) is 0.892. The number of nitrogens with one attached hydrogen (secondary N) is 1. The van der Waals surface area contributed by atoms with Gasteiger partial charge in [-0.3, -0.25) is 0 Å².